The Bertz CT molecular complexity index is 812. The van der Waals surface area contributed by atoms with Gasteiger partial charge in [-0.15, -0.1) is 21.5 Å². The van der Waals surface area contributed by atoms with E-state index in [1.165, 1.54) is 10.4 Å². The first-order valence-corrected chi connectivity index (χ1v) is 10.7. The molecule has 0 atom stereocenters. The van der Waals surface area contributed by atoms with Crippen molar-refractivity contribution >= 4 is 17.2 Å². The second kappa shape index (κ2) is 8.69. The van der Waals surface area contributed by atoms with Gasteiger partial charge < -0.3 is 24.7 Å². The van der Waals surface area contributed by atoms with E-state index >= 15 is 0 Å². The van der Waals surface area contributed by atoms with Crippen molar-refractivity contribution in [3.05, 3.63) is 33.5 Å². The monoisotopic (exact) mass is 405 g/mol. The van der Waals surface area contributed by atoms with Crippen LogP contribution in [-0.4, -0.2) is 54.1 Å². The van der Waals surface area contributed by atoms with Crippen LogP contribution in [-0.2, 0) is 34.6 Å². The Morgan fingerprint density at radius 1 is 1.46 bits per heavy atom. The number of amides is 1. The van der Waals surface area contributed by atoms with E-state index < -0.39 is 0 Å². The van der Waals surface area contributed by atoms with Gasteiger partial charge in [-0.05, 0) is 44.0 Å². The number of hydrogen-bond donors (Lipinski definition) is 2. The van der Waals surface area contributed by atoms with Gasteiger partial charge in [-0.3, -0.25) is 4.79 Å². The number of thiophene rings is 1. The van der Waals surface area contributed by atoms with Gasteiger partial charge >= 0.3 is 0 Å². The summed E-state index contributed by atoms with van der Waals surface area (Å²) in [6.07, 6.45) is 5.38. The molecule has 2 aromatic heterocycles. The van der Waals surface area contributed by atoms with Crippen LogP contribution < -0.4 is 10.6 Å². The van der Waals surface area contributed by atoms with Gasteiger partial charge in [-0.25, -0.2) is 0 Å². The van der Waals surface area contributed by atoms with Crippen molar-refractivity contribution < 1.29 is 14.3 Å². The van der Waals surface area contributed by atoms with Gasteiger partial charge in [0, 0.05) is 31.6 Å². The Morgan fingerprint density at radius 3 is 3.14 bits per heavy atom. The fraction of sp³-hybridized carbons (Fsp3) is 0.632. The number of carbonyl (C=O) groups is 1. The van der Waals surface area contributed by atoms with Crippen molar-refractivity contribution in [1.29, 1.82) is 0 Å². The summed E-state index contributed by atoms with van der Waals surface area (Å²) in [6, 6.07) is 2.04. The minimum atomic E-state index is -0.213. The van der Waals surface area contributed by atoms with Crippen molar-refractivity contribution in [2.75, 3.05) is 33.4 Å². The highest BCUT2D eigenvalue weighted by molar-refractivity contribution is 7.14. The lowest BCUT2D eigenvalue weighted by molar-refractivity contribution is -0.0792. The lowest BCUT2D eigenvalue weighted by Crippen LogP contribution is -2.44. The molecule has 2 aliphatic rings. The molecule has 1 saturated heterocycles. The summed E-state index contributed by atoms with van der Waals surface area (Å²) in [5, 5.41) is 14.5. The fourth-order valence-electron chi connectivity index (χ4n) is 4.00. The van der Waals surface area contributed by atoms with Crippen LogP contribution in [0.1, 0.15) is 45.2 Å². The van der Waals surface area contributed by atoms with Crippen LogP contribution in [0.25, 0.3) is 0 Å². The number of nitrogens with one attached hydrogen (secondary N) is 2. The highest BCUT2D eigenvalue weighted by atomic mass is 32.1. The molecule has 1 fully saturated rings. The largest absolute Gasteiger partial charge is 0.385 e. The van der Waals surface area contributed by atoms with Gasteiger partial charge in [0.25, 0.3) is 5.91 Å². The molecule has 0 aliphatic carbocycles. The van der Waals surface area contributed by atoms with Crippen LogP contribution in [0.15, 0.2) is 12.4 Å². The van der Waals surface area contributed by atoms with Crippen LogP contribution in [0.3, 0.4) is 0 Å². The van der Waals surface area contributed by atoms with E-state index in [-0.39, 0.29) is 11.5 Å². The first-order chi connectivity index (χ1) is 13.7. The summed E-state index contributed by atoms with van der Waals surface area (Å²) >= 11 is 1.60. The SMILES string of the molecule is COCCCn1cnnc1CNC(=O)c1cc2c(s1)CCOC21CCNCC1. The molecule has 2 aromatic rings. The molecule has 0 saturated carbocycles. The van der Waals surface area contributed by atoms with E-state index in [2.05, 4.69) is 20.8 Å². The highest BCUT2D eigenvalue weighted by Crippen LogP contribution is 2.43. The van der Waals surface area contributed by atoms with Gasteiger partial charge in [-0.1, -0.05) is 0 Å². The third kappa shape index (κ3) is 3.98. The number of nitrogens with zero attached hydrogens (tertiary/aromatic N) is 3. The smallest absolute Gasteiger partial charge is 0.261 e. The molecule has 0 unspecified atom stereocenters. The Labute approximate surface area is 168 Å². The zero-order valence-corrected chi connectivity index (χ0v) is 17.0. The van der Waals surface area contributed by atoms with Gasteiger partial charge in [0.2, 0.25) is 0 Å². The molecule has 0 bridgehead atoms. The topological polar surface area (TPSA) is 90.3 Å². The van der Waals surface area contributed by atoms with Crippen molar-refractivity contribution in [1.82, 2.24) is 25.4 Å². The van der Waals surface area contributed by atoms with E-state index in [1.807, 2.05) is 10.6 Å². The zero-order chi connectivity index (χ0) is 19.4. The van der Waals surface area contributed by atoms with Gasteiger partial charge in [-0.2, -0.15) is 0 Å². The number of aryl methyl sites for hydroxylation is 1. The molecule has 0 radical (unpaired) electrons. The molecule has 2 N–H and O–H groups in total. The molecular formula is C19H27N5O3S. The van der Waals surface area contributed by atoms with E-state index in [0.29, 0.717) is 13.2 Å². The van der Waals surface area contributed by atoms with Crippen molar-refractivity contribution in [2.45, 2.75) is 44.4 Å². The molecule has 152 valence electrons. The lowest BCUT2D eigenvalue weighted by Gasteiger charge is -2.40. The Kier molecular flexibility index (Phi) is 6.05. The number of methoxy groups -OCH3 is 1. The lowest BCUT2D eigenvalue weighted by atomic mass is 9.83. The molecule has 1 amide bonds. The molecule has 4 rings (SSSR count). The Hall–Kier alpha value is -1.81. The Balaban J connectivity index is 1.42. The number of fused-ring (bicyclic) bond motifs is 2. The standard InChI is InChI=1S/C19H27N5O3S/c1-26-9-2-8-24-13-22-23-17(24)12-21-18(25)16-11-14-15(28-16)3-10-27-19(14)4-6-20-7-5-19/h11,13,20H,2-10,12H2,1H3,(H,21,25). The maximum atomic E-state index is 12.8. The van der Waals surface area contributed by atoms with Crippen LogP contribution in [0.5, 0.6) is 0 Å². The molecule has 4 heterocycles. The third-order valence-electron chi connectivity index (χ3n) is 5.49. The number of rotatable bonds is 7. The second-order valence-corrected chi connectivity index (χ2v) is 8.40. The second-order valence-electron chi connectivity index (χ2n) is 7.26. The summed E-state index contributed by atoms with van der Waals surface area (Å²) < 4.78 is 13.3. The van der Waals surface area contributed by atoms with Crippen LogP contribution in [0.2, 0.25) is 0 Å². The summed E-state index contributed by atoms with van der Waals surface area (Å²) in [5.74, 6) is 0.693. The predicted molar refractivity (Wildman–Crippen MR) is 105 cm³/mol. The summed E-state index contributed by atoms with van der Waals surface area (Å²) in [7, 11) is 1.69. The van der Waals surface area contributed by atoms with E-state index in [1.54, 1.807) is 24.8 Å². The van der Waals surface area contributed by atoms with Gasteiger partial charge in [0.1, 0.15) is 6.33 Å². The molecular weight excluding hydrogens is 378 g/mol. The van der Waals surface area contributed by atoms with Crippen molar-refractivity contribution in [3.63, 3.8) is 0 Å². The molecule has 1 spiro atoms. The Morgan fingerprint density at radius 2 is 2.32 bits per heavy atom. The number of hydrogen-bond acceptors (Lipinski definition) is 7. The van der Waals surface area contributed by atoms with Crippen molar-refractivity contribution in [3.8, 4) is 0 Å². The average Bonchev–Trinajstić information content (AvgIpc) is 3.35. The van der Waals surface area contributed by atoms with E-state index in [4.69, 9.17) is 9.47 Å². The molecule has 28 heavy (non-hydrogen) atoms. The summed E-state index contributed by atoms with van der Waals surface area (Å²) in [6.45, 7) is 4.46. The van der Waals surface area contributed by atoms with Crippen LogP contribution in [0, 0.1) is 0 Å². The third-order valence-corrected chi connectivity index (χ3v) is 6.69. The summed E-state index contributed by atoms with van der Waals surface area (Å²) in [5.41, 5.74) is 1.01. The van der Waals surface area contributed by atoms with Crippen molar-refractivity contribution in [2.24, 2.45) is 0 Å². The predicted octanol–water partition coefficient (Wildman–Crippen LogP) is 1.46. The van der Waals surface area contributed by atoms with E-state index in [9.17, 15) is 4.79 Å². The quantitative estimate of drug-likeness (QED) is 0.678. The number of ether oxygens (including phenoxy) is 2. The molecule has 8 nitrogen and oxygen atoms in total. The van der Waals surface area contributed by atoms with Crippen LogP contribution in [0.4, 0.5) is 0 Å². The maximum Gasteiger partial charge on any atom is 0.261 e. The number of aromatic nitrogens is 3. The number of piperidine rings is 1. The number of carbonyl (C=O) groups excluding carboxylic acids is 1. The first kappa shape index (κ1) is 19.5. The van der Waals surface area contributed by atoms with Crippen LogP contribution >= 0.6 is 11.3 Å². The zero-order valence-electron chi connectivity index (χ0n) is 16.2. The fourth-order valence-corrected chi connectivity index (χ4v) is 5.15. The molecule has 9 heteroatoms. The normalized spacial score (nSPS) is 18.2. The first-order valence-electron chi connectivity index (χ1n) is 9.83. The summed E-state index contributed by atoms with van der Waals surface area (Å²) in [4.78, 5) is 14.8. The average molecular weight is 406 g/mol. The minimum absolute atomic E-state index is 0.0603. The minimum Gasteiger partial charge on any atom is -0.385 e. The highest BCUT2D eigenvalue weighted by Gasteiger charge is 2.40. The maximum absolute atomic E-state index is 12.8. The van der Waals surface area contributed by atoms with Gasteiger partial charge in [0.15, 0.2) is 5.82 Å². The van der Waals surface area contributed by atoms with Gasteiger partial charge in [0.05, 0.1) is 23.6 Å². The van der Waals surface area contributed by atoms with E-state index in [0.717, 1.165) is 62.6 Å². The molecule has 2 aliphatic heterocycles. The molecule has 0 aromatic carbocycles.